The average Bonchev–Trinajstić information content (AvgIpc) is 2.65. The first-order valence-electron chi connectivity index (χ1n) is 11.6. The van der Waals surface area contributed by atoms with Gasteiger partial charge in [-0.25, -0.2) is 9.97 Å². The highest BCUT2D eigenvalue weighted by atomic mass is 16.2. The van der Waals surface area contributed by atoms with Crippen LogP contribution in [0.5, 0.6) is 0 Å². The van der Waals surface area contributed by atoms with Crippen LogP contribution in [0.25, 0.3) is 0 Å². The van der Waals surface area contributed by atoms with Crippen LogP contribution in [0.4, 0.5) is 5.82 Å². The Hall–Kier alpha value is -1.98. The third-order valence-electron chi connectivity index (χ3n) is 7.89. The number of fused-ring (bicyclic) bond motifs is 1. The summed E-state index contributed by atoms with van der Waals surface area (Å²) in [5.74, 6) is 3.44. The van der Waals surface area contributed by atoms with E-state index >= 15 is 0 Å². The average molecular weight is 411 g/mol. The van der Waals surface area contributed by atoms with Crippen molar-refractivity contribution in [1.82, 2.24) is 14.9 Å². The fourth-order valence-electron chi connectivity index (χ4n) is 7.13. The van der Waals surface area contributed by atoms with Crippen molar-refractivity contribution in [1.29, 1.82) is 0 Å². The van der Waals surface area contributed by atoms with Crippen molar-refractivity contribution < 1.29 is 9.59 Å². The first-order chi connectivity index (χ1) is 14.2. The molecule has 5 aliphatic rings. The highest BCUT2D eigenvalue weighted by molar-refractivity contribution is 5.91. The summed E-state index contributed by atoms with van der Waals surface area (Å²) in [6.07, 6.45) is 10.7. The Morgan fingerprint density at radius 3 is 2.33 bits per heavy atom. The van der Waals surface area contributed by atoms with Gasteiger partial charge in [-0.15, -0.1) is 0 Å². The van der Waals surface area contributed by atoms with Gasteiger partial charge >= 0.3 is 0 Å². The van der Waals surface area contributed by atoms with Gasteiger partial charge in [-0.05, 0) is 68.1 Å². The molecule has 1 aromatic rings. The first-order valence-corrected chi connectivity index (χ1v) is 11.6. The number of anilines is 1. The maximum Gasteiger partial charge on any atom is 0.228 e. The molecule has 4 saturated carbocycles. The Bertz CT molecular complexity index is 837. The molecule has 2 heterocycles. The number of nitrogens with zero attached hydrogens (tertiary/aromatic N) is 3. The Balaban J connectivity index is 1.28. The standard InChI is InChI=1S/C24H34N4O2/c1-23(2,3)22(30)28-5-4-18-19(13-28)25-14-26-21(18)27-20(29)12-24-9-15-6-16(10-24)8-17(7-15)11-24/h14-17H,4-13H2,1-3H3,(H,25,26,27,29). The predicted octanol–water partition coefficient (Wildman–Crippen LogP) is 3.95. The van der Waals surface area contributed by atoms with Crippen molar-refractivity contribution in [2.45, 2.75) is 78.7 Å². The summed E-state index contributed by atoms with van der Waals surface area (Å²) in [5, 5.41) is 3.13. The predicted molar refractivity (Wildman–Crippen MR) is 114 cm³/mol. The third-order valence-corrected chi connectivity index (χ3v) is 7.89. The van der Waals surface area contributed by atoms with Crippen LogP contribution < -0.4 is 5.32 Å². The van der Waals surface area contributed by atoms with Crippen LogP contribution in [0.2, 0.25) is 0 Å². The van der Waals surface area contributed by atoms with Gasteiger partial charge in [-0.1, -0.05) is 20.8 Å². The summed E-state index contributed by atoms with van der Waals surface area (Å²) in [4.78, 5) is 36.4. The van der Waals surface area contributed by atoms with E-state index in [9.17, 15) is 9.59 Å². The van der Waals surface area contributed by atoms with Crippen LogP contribution in [0.15, 0.2) is 6.33 Å². The van der Waals surface area contributed by atoms with Crippen LogP contribution in [0.1, 0.15) is 77.0 Å². The van der Waals surface area contributed by atoms with Gasteiger partial charge < -0.3 is 10.2 Å². The minimum Gasteiger partial charge on any atom is -0.336 e. The maximum atomic E-state index is 13.1. The van der Waals surface area contributed by atoms with Gasteiger partial charge in [0.2, 0.25) is 11.8 Å². The molecule has 4 aliphatic carbocycles. The second kappa shape index (κ2) is 7.03. The van der Waals surface area contributed by atoms with Crippen LogP contribution >= 0.6 is 0 Å². The van der Waals surface area contributed by atoms with Gasteiger partial charge in [-0.2, -0.15) is 0 Å². The normalized spacial score (nSPS) is 32.1. The van der Waals surface area contributed by atoms with E-state index in [0.29, 0.717) is 31.7 Å². The molecule has 6 heteroatoms. The molecule has 0 atom stereocenters. The quantitative estimate of drug-likeness (QED) is 0.819. The molecule has 6 nitrogen and oxygen atoms in total. The minimum absolute atomic E-state index is 0.103. The van der Waals surface area contributed by atoms with Crippen molar-refractivity contribution in [2.75, 3.05) is 11.9 Å². The fraction of sp³-hybridized carbons (Fsp3) is 0.750. The molecule has 1 N–H and O–H groups in total. The van der Waals surface area contributed by atoms with E-state index in [1.807, 2.05) is 25.7 Å². The number of hydrogen-bond acceptors (Lipinski definition) is 4. The number of carbonyl (C=O) groups is 2. The molecule has 1 aromatic heterocycles. The molecular formula is C24H34N4O2. The van der Waals surface area contributed by atoms with Crippen LogP contribution in [-0.4, -0.2) is 33.2 Å². The van der Waals surface area contributed by atoms with Crippen LogP contribution in [0.3, 0.4) is 0 Å². The van der Waals surface area contributed by atoms with Crippen molar-refractivity contribution >= 4 is 17.6 Å². The maximum absolute atomic E-state index is 13.1. The van der Waals surface area contributed by atoms with E-state index in [4.69, 9.17) is 0 Å². The van der Waals surface area contributed by atoms with E-state index in [-0.39, 0.29) is 17.2 Å². The number of nitrogens with one attached hydrogen (secondary N) is 1. The van der Waals surface area contributed by atoms with Crippen LogP contribution in [-0.2, 0) is 22.6 Å². The third kappa shape index (κ3) is 3.63. The molecule has 0 spiro atoms. The van der Waals surface area contributed by atoms with Gasteiger partial charge in [-0.3, -0.25) is 9.59 Å². The Kier molecular flexibility index (Phi) is 4.67. The molecule has 162 valence electrons. The topological polar surface area (TPSA) is 75.2 Å². The lowest BCUT2D eigenvalue weighted by Crippen LogP contribution is -2.47. The summed E-state index contributed by atoms with van der Waals surface area (Å²) in [6, 6.07) is 0. The van der Waals surface area contributed by atoms with Gasteiger partial charge in [0.1, 0.15) is 12.1 Å². The summed E-state index contributed by atoms with van der Waals surface area (Å²) < 4.78 is 0. The van der Waals surface area contributed by atoms with Gasteiger partial charge in [0, 0.05) is 23.9 Å². The Morgan fingerprint density at radius 1 is 1.10 bits per heavy atom. The number of aromatic nitrogens is 2. The van der Waals surface area contributed by atoms with Crippen molar-refractivity contribution in [3.8, 4) is 0 Å². The van der Waals surface area contributed by atoms with E-state index in [1.54, 1.807) is 0 Å². The lowest BCUT2D eigenvalue weighted by atomic mass is 9.49. The largest absolute Gasteiger partial charge is 0.336 e. The molecule has 30 heavy (non-hydrogen) atoms. The van der Waals surface area contributed by atoms with Crippen LogP contribution in [0, 0.1) is 28.6 Å². The van der Waals surface area contributed by atoms with E-state index in [2.05, 4.69) is 15.3 Å². The fourth-order valence-corrected chi connectivity index (χ4v) is 7.13. The molecule has 4 bridgehead atoms. The Labute approximate surface area is 179 Å². The Morgan fingerprint density at radius 2 is 1.73 bits per heavy atom. The highest BCUT2D eigenvalue weighted by Gasteiger charge is 2.51. The molecule has 0 saturated heterocycles. The smallest absolute Gasteiger partial charge is 0.228 e. The summed E-state index contributed by atoms with van der Waals surface area (Å²) in [5.41, 5.74) is 1.68. The molecular weight excluding hydrogens is 376 g/mol. The SMILES string of the molecule is CC(C)(C)C(=O)N1CCc2c(ncnc2NC(=O)CC23CC4CC(CC(C4)C2)C3)C1. The molecule has 0 aromatic carbocycles. The summed E-state index contributed by atoms with van der Waals surface area (Å²) in [6.45, 7) is 6.98. The molecule has 6 rings (SSSR count). The zero-order valence-electron chi connectivity index (χ0n) is 18.5. The molecule has 4 fully saturated rings. The molecule has 1 aliphatic heterocycles. The monoisotopic (exact) mass is 410 g/mol. The second-order valence-electron chi connectivity index (χ2n) is 11.5. The van der Waals surface area contributed by atoms with E-state index in [1.165, 1.54) is 44.9 Å². The zero-order chi connectivity index (χ0) is 21.1. The summed E-state index contributed by atoms with van der Waals surface area (Å²) in [7, 11) is 0. The van der Waals surface area contributed by atoms with E-state index < -0.39 is 5.41 Å². The lowest BCUT2D eigenvalue weighted by molar-refractivity contribution is -0.140. The number of amides is 2. The number of carbonyl (C=O) groups excluding carboxylic acids is 2. The van der Waals surface area contributed by atoms with Crippen molar-refractivity contribution in [2.24, 2.45) is 28.6 Å². The molecule has 0 radical (unpaired) electrons. The van der Waals surface area contributed by atoms with Crippen molar-refractivity contribution in [3.05, 3.63) is 17.6 Å². The van der Waals surface area contributed by atoms with Crippen molar-refractivity contribution in [3.63, 3.8) is 0 Å². The molecule has 0 unspecified atom stereocenters. The minimum atomic E-state index is -0.403. The molecule has 2 amide bonds. The van der Waals surface area contributed by atoms with Gasteiger partial charge in [0.25, 0.3) is 0 Å². The first kappa shape index (κ1) is 20.0. The number of hydrogen-bond donors (Lipinski definition) is 1. The highest BCUT2D eigenvalue weighted by Crippen LogP contribution is 2.61. The zero-order valence-corrected chi connectivity index (χ0v) is 18.5. The summed E-state index contributed by atoms with van der Waals surface area (Å²) >= 11 is 0. The van der Waals surface area contributed by atoms with E-state index in [0.717, 1.165) is 29.0 Å². The number of rotatable bonds is 3. The van der Waals surface area contributed by atoms with Gasteiger partial charge in [0.15, 0.2) is 0 Å². The van der Waals surface area contributed by atoms with Gasteiger partial charge in [0.05, 0.1) is 12.2 Å². The second-order valence-corrected chi connectivity index (χ2v) is 11.5. The lowest BCUT2D eigenvalue weighted by Gasteiger charge is -2.56.